The molecule has 1 aliphatic heterocycles. The molecule has 0 N–H and O–H groups in total. The Hall–Kier alpha value is -4.06. The van der Waals surface area contributed by atoms with Crippen molar-refractivity contribution in [2.75, 3.05) is 19.4 Å². The Balaban J connectivity index is 1.27. The second-order valence-electron chi connectivity index (χ2n) is 9.08. The fraction of sp³-hybridized carbons (Fsp3) is 0.346. The number of fused-ring (bicyclic) bond motifs is 1. The van der Waals surface area contributed by atoms with Gasteiger partial charge >= 0.3 is 6.09 Å². The molecule has 1 fully saturated rings. The van der Waals surface area contributed by atoms with Gasteiger partial charge in [0.1, 0.15) is 11.7 Å². The standard InChI is InChI=1S/C26H28N6O5S/c1-38(34,35)21-11-9-20(10-12-21)32-24-22(17-30-32)25(29-18-28-24)37-23-8-2-3-14-31(23)26(33)36-15-5-7-19-6-4-13-27-16-19/h4,6,9-13,16-18,23H,2-3,5,7-8,14-15H2,1H3. The number of likely N-dealkylation sites (tertiary alicyclic amines) is 1. The Morgan fingerprint density at radius 3 is 2.71 bits per heavy atom. The van der Waals surface area contributed by atoms with Gasteiger partial charge in [-0.2, -0.15) is 5.10 Å². The zero-order valence-electron chi connectivity index (χ0n) is 20.9. The van der Waals surface area contributed by atoms with Gasteiger partial charge < -0.3 is 9.47 Å². The lowest BCUT2D eigenvalue weighted by atomic mass is 10.1. The molecule has 0 bridgehead atoms. The second-order valence-corrected chi connectivity index (χ2v) is 11.1. The van der Waals surface area contributed by atoms with Crippen LogP contribution >= 0.6 is 0 Å². The van der Waals surface area contributed by atoms with Gasteiger partial charge in [0.15, 0.2) is 21.7 Å². The lowest BCUT2D eigenvalue weighted by molar-refractivity contribution is -0.00785. The molecule has 38 heavy (non-hydrogen) atoms. The average molecular weight is 537 g/mol. The normalized spacial score (nSPS) is 15.9. The first-order valence-corrected chi connectivity index (χ1v) is 14.3. The van der Waals surface area contributed by atoms with Crippen molar-refractivity contribution in [2.45, 2.75) is 43.2 Å². The van der Waals surface area contributed by atoms with Crippen LogP contribution in [0.5, 0.6) is 5.88 Å². The van der Waals surface area contributed by atoms with Crippen molar-refractivity contribution in [3.8, 4) is 11.6 Å². The van der Waals surface area contributed by atoms with Crippen LogP contribution in [0.1, 0.15) is 31.2 Å². The number of pyridine rings is 1. The number of rotatable bonds is 8. The van der Waals surface area contributed by atoms with E-state index in [0.29, 0.717) is 48.6 Å². The van der Waals surface area contributed by atoms with Crippen molar-refractivity contribution in [1.82, 2.24) is 29.6 Å². The number of carbonyl (C=O) groups is 1. The Kier molecular flexibility index (Phi) is 7.50. The number of aromatic nitrogens is 5. The summed E-state index contributed by atoms with van der Waals surface area (Å²) in [6.45, 7) is 0.839. The first kappa shape index (κ1) is 25.6. The summed E-state index contributed by atoms with van der Waals surface area (Å²) in [5.74, 6) is 0.315. The smallest absolute Gasteiger partial charge is 0.412 e. The van der Waals surface area contributed by atoms with E-state index < -0.39 is 22.2 Å². The van der Waals surface area contributed by atoms with Crippen molar-refractivity contribution in [1.29, 1.82) is 0 Å². The van der Waals surface area contributed by atoms with Crippen LogP contribution in [0.25, 0.3) is 16.7 Å². The molecule has 198 valence electrons. The highest BCUT2D eigenvalue weighted by molar-refractivity contribution is 7.90. The SMILES string of the molecule is CS(=O)(=O)c1ccc(-n2ncc3c(OC4CCCCN4C(=O)OCCCc4cccnc4)ncnc32)cc1. The van der Waals surface area contributed by atoms with E-state index >= 15 is 0 Å². The van der Waals surface area contributed by atoms with Gasteiger partial charge in [-0.15, -0.1) is 0 Å². The Labute approximate surface area is 220 Å². The van der Waals surface area contributed by atoms with Crippen molar-refractivity contribution < 1.29 is 22.7 Å². The first-order chi connectivity index (χ1) is 18.4. The summed E-state index contributed by atoms with van der Waals surface area (Å²) in [6.07, 6.45) is 10.7. The number of ether oxygens (including phenoxy) is 2. The van der Waals surface area contributed by atoms with Gasteiger partial charge in [0, 0.05) is 31.6 Å². The highest BCUT2D eigenvalue weighted by atomic mass is 32.2. The van der Waals surface area contributed by atoms with Crippen LogP contribution in [0.4, 0.5) is 4.79 Å². The van der Waals surface area contributed by atoms with Gasteiger partial charge in [-0.05, 0) is 61.6 Å². The number of amides is 1. The second kappa shape index (κ2) is 11.1. The Morgan fingerprint density at radius 2 is 1.95 bits per heavy atom. The van der Waals surface area contributed by atoms with Crippen LogP contribution in [0.3, 0.4) is 0 Å². The van der Waals surface area contributed by atoms with Crippen LogP contribution in [0.15, 0.2) is 66.2 Å². The summed E-state index contributed by atoms with van der Waals surface area (Å²) in [5.41, 5.74) is 2.25. The predicted octanol–water partition coefficient (Wildman–Crippen LogP) is 3.57. The van der Waals surface area contributed by atoms with Crippen LogP contribution in [-0.2, 0) is 21.0 Å². The van der Waals surface area contributed by atoms with E-state index in [1.54, 1.807) is 34.1 Å². The number of benzene rings is 1. The zero-order valence-corrected chi connectivity index (χ0v) is 21.7. The monoisotopic (exact) mass is 536 g/mol. The third-order valence-corrected chi connectivity index (χ3v) is 7.46. The topological polar surface area (TPSA) is 129 Å². The van der Waals surface area contributed by atoms with E-state index in [4.69, 9.17) is 9.47 Å². The number of hydrogen-bond donors (Lipinski definition) is 0. The number of aryl methyl sites for hydroxylation is 1. The predicted molar refractivity (Wildman–Crippen MR) is 139 cm³/mol. The molecule has 1 unspecified atom stereocenters. The maximum Gasteiger partial charge on any atom is 0.412 e. The number of nitrogens with zero attached hydrogens (tertiary/aromatic N) is 6. The first-order valence-electron chi connectivity index (χ1n) is 12.4. The van der Waals surface area contributed by atoms with E-state index in [1.807, 2.05) is 18.3 Å². The highest BCUT2D eigenvalue weighted by Gasteiger charge is 2.30. The molecule has 1 amide bonds. The van der Waals surface area contributed by atoms with Crippen LogP contribution in [0, 0.1) is 0 Å². The summed E-state index contributed by atoms with van der Waals surface area (Å²) in [4.78, 5) is 27.5. The quantitative estimate of drug-likeness (QED) is 0.310. The zero-order chi connectivity index (χ0) is 26.5. The van der Waals surface area contributed by atoms with E-state index in [-0.39, 0.29) is 4.90 Å². The highest BCUT2D eigenvalue weighted by Crippen LogP contribution is 2.28. The molecular weight excluding hydrogens is 508 g/mol. The minimum Gasteiger partial charge on any atom is -0.453 e. The van der Waals surface area contributed by atoms with Gasteiger partial charge in [0.2, 0.25) is 5.88 Å². The third kappa shape index (κ3) is 5.75. The largest absolute Gasteiger partial charge is 0.453 e. The van der Waals surface area contributed by atoms with E-state index in [0.717, 1.165) is 31.1 Å². The van der Waals surface area contributed by atoms with Crippen molar-refractivity contribution in [3.63, 3.8) is 0 Å². The van der Waals surface area contributed by atoms with Gasteiger partial charge in [-0.1, -0.05) is 6.07 Å². The van der Waals surface area contributed by atoms with E-state index in [2.05, 4.69) is 20.1 Å². The fourth-order valence-electron chi connectivity index (χ4n) is 4.37. The molecule has 4 heterocycles. The Bertz CT molecular complexity index is 1510. The minimum atomic E-state index is -3.31. The molecule has 5 rings (SSSR count). The maximum atomic E-state index is 12.9. The molecule has 11 nitrogen and oxygen atoms in total. The van der Waals surface area contributed by atoms with E-state index in [9.17, 15) is 13.2 Å². The lowest BCUT2D eigenvalue weighted by Crippen LogP contribution is -2.47. The third-order valence-electron chi connectivity index (χ3n) is 6.33. The molecule has 1 aliphatic rings. The van der Waals surface area contributed by atoms with Crippen LogP contribution < -0.4 is 4.74 Å². The summed E-state index contributed by atoms with van der Waals surface area (Å²) < 4.78 is 36.9. The molecule has 0 saturated carbocycles. The average Bonchev–Trinajstić information content (AvgIpc) is 3.37. The van der Waals surface area contributed by atoms with Gasteiger partial charge in [0.25, 0.3) is 0 Å². The molecule has 0 aliphatic carbocycles. The Morgan fingerprint density at radius 1 is 1.11 bits per heavy atom. The van der Waals surface area contributed by atoms with Gasteiger partial charge in [-0.3, -0.25) is 9.88 Å². The van der Waals surface area contributed by atoms with Crippen LogP contribution in [0.2, 0.25) is 0 Å². The van der Waals surface area contributed by atoms with Gasteiger partial charge in [0.05, 0.1) is 23.4 Å². The molecule has 1 atom stereocenters. The van der Waals surface area contributed by atoms with Crippen LogP contribution in [-0.4, -0.2) is 69.8 Å². The summed E-state index contributed by atoms with van der Waals surface area (Å²) >= 11 is 0. The van der Waals surface area contributed by atoms with Crippen molar-refractivity contribution >= 4 is 27.0 Å². The molecule has 3 aromatic heterocycles. The molecule has 0 radical (unpaired) electrons. The summed E-state index contributed by atoms with van der Waals surface area (Å²) in [7, 11) is -3.31. The minimum absolute atomic E-state index is 0.220. The number of piperidine rings is 1. The van der Waals surface area contributed by atoms with Gasteiger partial charge in [-0.25, -0.2) is 27.9 Å². The molecule has 1 aromatic carbocycles. The molecule has 1 saturated heterocycles. The molecule has 12 heteroatoms. The van der Waals surface area contributed by atoms with E-state index in [1.165, 1.54) is 18.5 Å². The number of sulfone groups is 1. The number of carbonyl (C=O) groups excluding carboxylic acids is 1. The molecule has 0 spiro atoms. The van der Waals surface area contributed by atoms with Crippen molar-refractivity contribution in [2.24, 2.45) is 0 Å². The summed E-state index contributed by atoms with van der Waals surface area (Å²) in [5, 5.41) is 4.99. The van der Waals surface area contributed by atoms with Crippen molar-refractivity contribution in [3.05, 3.63) is 66.9 Å². The lowest BCUT2D eigenvalue weighted by Gasteiger charge is -2.34. The molecular formula is C26H28N6O5S. The molecule has 4 aromatic rings. The fourth-order valence-corrected chi connectivity index (χ4v) is 5.00. The maximum absolute atomic E-state index is 12.9. The summed E-state index contributed by atoms with van der Waals surface area (Å²) in [6, 6.07) is 10.3. The number of hydrogen-bond acceptors (Lipinski definition) is 9.